The maximum atomic E-state index is 10.7. The second kappa shape index (κ2) is 5.30. The van der Waals surface area contributed by atoms with Crippen molar-refractivity contribution in [3.63, 3.8) is 0 Å². The predicted molar refractivity (Wildman–Crippen MR) is 68.5 cm³/mol. The first-order valence-electron chi connectivity index (χ1n) is 6.22. The molecule has 1 saturated carbocycles. The molecule has 0 bridgehead atoms. The van der Waals surface area contributed by atoms with Crippen LogP contribution in [0.15, 0.2) is 16.8 Å². The summed E-state index contributed by atoms with van der Waals surface area (Å²) in [5.41, 5.74) is 6.64. The van der Waals surface area contributed by atoms with Crippen LogP contribution in [0.3, 0.4) is 0 Å². The fourth-order valence-electron chi connectivity index (χ4n) is 2.59. The van der Waals surface area contributed by atoms with Gasteiger partial charge in [0.1, 0.15) is 0 Å². The van der Waals surface area contributed by atoms with Crippen LogP contribution in [0.25, 0.3) is 0 Å². The van der Waals surface area contributed by atoms with Gasteiger partial charge in [-0.05, 0) is 35.2 Å². The normalized spacial score (nSPS) is 23.4. The van der Waals surface area contributed by atoms with Crippen LogP contribution >= 0.6 is 11.3 Å². The summed E-state index contributed by atoms with van der Waals surface area (Å²) in [7, 11) is 0. The van der Waals surface area contributed by atoms with Gasteiger partial charge in [-0.3, -0.25) is 0 Å². The molecule has 1 aliphatic carbocycles. The third-order valence-corrected chi connectivity index (χ3v) is 4.40. The van der Waals surface area contributed by atoms with Gasteiger partial charge in [0.05, 0.1) is 11.6 Å². The largest absolute Gasteiger partial charge is 0.388 e. The molecule has 1 atom stereocenters. The number of aliphatic hydroxyl groups is 1. The van der Waals surface area contributed by atoms with Crippen molar-refractivity contribution in [2.75, 3.05) is 0 Å². The number of rotatable bonds is 2. The predicted octanol–water partition coefficient (Wildman–Crippen LogP) is 3.22. The van der Waals surface area contributed by atoms with Crippen molar-refractivity contribution in [3.05, 3.63) is 22.4 Å². The molecule has 0 spiro atoms. The molecule has 0 amide bonds. The molecule has 0 radical (unpaired) electrons. The molecular weight excluding hydrogens is 218 g/mol. The molecule has 0 saturated heterocycles. The topological polar surface area (TPSA) is 46.2 Å². The van der Waals surface area contributed by atoms with Gasteiger partial charge in [-0.15, -0.1) is 0 Å². The second-order valence-corrected chi connectivity index (χ2v) is 5.69. The van der Waals surface area contributed by atoms with E-state index >= 15 is 0 Å². The standard InChI is InChI=1S/C13H21NOS/c14-12(11-6-9-16-10-11)13(15)7-4-2-1-3-5-8-13/h6,9-10,12,15H,1-5,7-8,14H2. The summed E-state index contributed by atoms with van der Waals surface area (Å²) in [6.07, 6.45) is 7.69. The summed E-state index contributed by atoms with van der Waals surface area (Å²) in [6, 6.07) is 1.82. The molecule has 90 valence electrons. The van der Waals surface area contributed by atoms with Gasteiger partial charge in [-0.25, -0.2) is 0 Å². The minimum Gasteiger partial charge on any atom is -0.388 e. The molecule has 2 rings (SSSR count). The van der Waals surface area contributed by atoms with Gasteiger partial charge >= 0.3 is 0 Å². The summed E-state index contributed by atoms with van der Waals surface area (Å²) in [4.78, 5) is 0. The molecular formula is C13H21NOS. The van der Waals surface area contributed by atoms with E-state index in [0.29, 0.717) is 0 Å². The van der Waals surface area contributed by atoms with E-state index in [4.69, 9.17) is 5.73 Å². The van der Waals surface area contributed by atoms with Gasteiger partial charge in [0.25, 0.3) is 0 Å². The average Bonchev–Trinajstić information content (AvgIpc) is 2.76. The Morgan fingerprint density at radius 1 is 1.19 bits per heavy atom. The second-order valence-electron chi connectivity index (χ2n) is 4.91. The molecule has 0 aromatic carbocycles. The molecule has 0 aliphatic heterocycles. The minimum absolute atomic E-state index is 0.211. The molecule has 1 aliphatic rings. The highest BCUT2D eigenvalue weighted by molar-refractivity contribution is 7.07. The van der Waals surface area contributed by atoms with Gasteiger partial charge in [0.15, 0.2) is 0 Å². The van der Waals surface area contributed by atoms with E-state index in [-0.39, 0.29) is 6.04 Å². The van der Waals surface area contributed by atoms with Crippen LogP contribution < -0.4 is 5.73 Å². The fraction of sp³-hybridized carbons (Fsp3) is 0.692. The van der Waals surface area contributed by atoms with Crippen LogP contribution in [-0.2, 0) is 0 Å². The third-order valence-electron chi connectivity index (χ3n) is 3.70. The van der Waals surface area contributed by atoms with Crippen molar-refractivity contribution in [2.24, 2.45) is 5.73 Å². The zero-order chi connectivity index (χ0) is 11.4. The average molecular weight is 239 g/mol. The summed E-state index contributed by atoms with van der Waals surface area (Å²) < 4.78 is 0. The number of thiophene rings is 1. The molecule has 16 heavy (non-hydrogen) atoms. The van der Waals surface area contributed by atoms with E-state index in [2.05, 4.69) is 5.38 Å². The lowest BCUT2D eigenvalue weighted by Gasteiger charge is -2.35. The van der Waals surface area contributed by atoms with E-state index in [1.165, 1.54) is 19.3 Å². The SMILES string of the molecule is NC(c1ccsc1)C1(O)CCCCCCC1. The maximum Gasteiger partial charge on any atom is 0.0839 e. The van der Waals surface area contributed by atoms with Crippen LogP contribution in [-0.4, -0.2) is 10.7 Å². The van der Waals surface area contributed by atoms with E-state index < -0.39 is 5.60 Å². The van der Waals surface area contributed by atoms with Crippen LogP contribution in [0.1, 0.15) is 56.6 Å². The Morgan fingerprint density at radius 3 is 2.38 bits per heavy atom. The van der Waals surface area contributed by atoms with E-state index in [1.54, 1.807) is 11.3 Å². The lowest BCUT2D eigenvalue weighted by molar-refractivity contribution is -0.0108. The first-order chi connectivity index (χ1) is 7.72. The Morgan fingerprint density at radius 2 is 1.81 bits per heavy atom. The van der Waals surface area contributed by atoms with Crippen molar-refractivity contribution < 1.29 is 5.11 Å². The first-order valence-corrected chi connectivity index (χ1v) is 7.17. The highest BCUT2D eigenvalue weighted by Crippen LogP contribution is 2.35. The molecule has 3 heteroatoms. The van der Waals surface area contributed by atoms with Crippen molar-refractivity contribution in [3.8, 4) is 0 Å². The number of hydrogen-bond acceptors (Lipinski definition) is 3. The quantitative estimate of drug-likeness (QED) is 0.832. The first kappa shape index (κ1) is 12.1. The summed E-state index contributed by atoms with van der Waals surface area (Å²) >= 11 is 1.65. The van der Waals surface area contributed by atoms with Crippen LogP contribution in [0.4, 0.5) is 0 Å². The lowest BCUT2D eigenvalue weighted by atomic mass is 9.80. The van der Waals surface area contributed by atoms with Crippen LogP contribution in [0.5, 0.6) is 0 Å². The molecule has 1 aromatic rings. The van der Waals surface area contributed by atoms with Gasteiger partial charge in [-0.2, -0.15) is 11.3 Å². The fourth-order valence-corrected chi connectivity index (χ4v) is 3.29. The van der Waals surface area contributed by atoms with Crippen LogP contribution in [0.2, 0.25) is 0 Å². The molecule has 1 fully saturated rings. The highest BCUT2D eigenvalue weighted by atomic mass is 32.1. The van der Waals surface area contributed by atoms with Gasteiger partial charge in [0, 0.05) is 0 Å². The highest BCUT2D eigenvalue weighted by Gasteiger charge is 2.35. The van der Waals surface area contributed by atoms with Crippen molar-refractivity contribution >= 4 is 11.3 Å². The lowest BCUT2D eigenvalue weighted by Crippen LogP contribution is -2.41. The maximum absolute atomic E-state index is 10.7. The molecule has 3 N–H and O–H groups in total. The van der Waals surface area contributed by atoms with Crippen molar-refractivity contribution in [1.29, 1.82) is 0 Å². The molecule has 2 nitrogen and oxygen atoms in total. The monoisotopic (exact) mass is 239 g/mol. The summed E-state index contributed by atoms with van der Waals surface area (Å²) in [5, 5.41) is 14.8. The zero-order valence-electron chi connectivity index (χ0n) is 9.69. The van der Waals surface area contributed by atoms with Crippen molar-refractivity contribution in [1.82, 2.24) is 0 Å². The molecule has 1 aromatic heterocycles. The van der Waals surface area contributed by atoms with Gasteiger partial charge in [0.2, 0.25) is 0 Å². The Hall–Kier alpha value is -0.380. The molecule has 1 unspecified atom stereocenters. The Labute approximate surface area is 101 Å². The smallest absolute Gasteiger partial charge is 0.0839 e. The molecule has 1 heterocycles. The summed E-state index contributed by atoms with van der Waals surface area (Å²) in [6.45, 7) is 0. The van der Waals surface area contributed by atoms with Gasteiger partial charge in [-0.1, -0.05) is 32.1 Å². The zero-order valence-corrected chi connectivity index (χ0v) is 10.5. The Kier molecular flexibility index (Phi) is 4.00. The summed E-state index contributed by atoms with van der Waals surface area (Å²) in [5.74, 6) is 0. The minimum atomic E-state index is -0.679. The number of nitrogens with two attached hydrogens (primary N) is 1. The Balaban J connectivity index is 2.09. The van der Waals surface area contributed by atoms with Crippen LogP contribution in [0, 0.1) is 0 Å². The Bertz CT molecular complexity index is 302. The van der Waals surface area contributed by atoms with Gasteiger partial charge < -0.3 is 10.8 Å². The van der Waals surface area contributed by atoms with E-state index in [1.807, 2.05) is 11.4 Å². The van der Waals surface area contributed by atoms with E-state index in [9.17, 15) is 5.11 Å². The third kappa shape index (κ3) is 2.65. The van der Waals surface area contributed by atoms with E-state index in [0.717, 1.165) is 31.2 Å². The number of hydrogen-bond donors (Lipinski definition) is 2. The van der Waals surface area contributed by atoms with Crippen molar-refractivity contribution in [2.45, 2.75) is 56.6 Å².